The van der Waals surface area contributed by atoms with Gasteiger partial charge < -0.3 is 19.7 Å². The van der Waals surface area contributed by atoms with Gasteiger partial charge in [0.2, 0.25) is 0 Å². The van der Waals surface area contributed by atoms with Crippen LogP contribution in [-0.4, -0.2) is 64.1 Å². The Kier molecular flexibility index (Phi) is 7.77. The predicted molar refractivity (Wildman–Crippen MR) is 70.4 cm³/mol. The number of nitrogens with one attached hydrogen (secondary N) is 1. The van der Waals surface area contributed by atoms with Crippen LogP contribution in [-0.2, 0) is 9.47 Å². The minimum atomic E-state index is 0.599. The monoisotopic (exact) mass is 244 g/mol. The summed E-state index contributed by atoms with van der Waals surface area (Å²) < 4.78 is 10.4. The van der Waals surface area contributed by atoms with Crippen molar-refractivity contribution in [2.45, 2.75) is 26.3 Å². The second kappa shape index (κ2) is 8.86. The highest BCUT2D eigenvalue weighted by Gasteiger charge is 2.21. The number of hydrogen-bond donors (Lipinski definition) is 1. The molecule has 0 bridgehead atoms. The average molecular weight is 244 g/mol. The highest BCUT2D eigenvalue weighted by atomic mass is 16.5. The summed E-state index contributed by atoms with van der Waals surface area (Å²) in [5.41, 5.74) is 0. The molecule has 1 heterocycles. The fraction of sp³-hybridized carbons (Fsp3) is 1.00. The average Bonchev–Trinajstić information content (AvgIpc) is 2.74. The van der Waals surface area contributed by atoms with Crippen LogP contribution < -0.4 is 5.32 Å². The van der Waals surface area contributed by atoms with Crippen molar-refractivity contribution >= 4 is 0 Å². The van der Waals surface area contributed by atoms with Gasteiger partial charge in [0.15, 0.2) is 0 Å². The minimum absolute atomic E-state index is 0.599. The van der Waals surface area contributed by atoms with Crippen molar-refractivity contribution in [1.82, 2.24) is 10.2 Å². The molecule has 0 aromatic heterocycles. The number of hydrogen-bond acceptors (Lipinski definition) is 4. The standard InChI is InChI=1S/C13H28N2O2/c1-12(2)14-10-13-4-5-15(11-13)6-7-17-9-8-16-3/h12-14H,4-11H2,1-3H3. The molecule has 0 aliphatic carbocycles. The van der Waals surface area contributed by atoms with Crippen LogP contribution in [0.2, 0.25) is 0 Å². The van der Waals surface area contributed by atoms with Gasteiger partial charge in [-0.25, -0.2) is 0 Å². The molecule has 1 aliphatic heterocycles. The molecule has 0 amide bonds. The molecule has 0 aromatic carbocycles. The lowest BCUT2D eigenvalue weighted by atomic mass is 10.1. The zero-order chi connectivity index (χ0) is 12.5. The third-order valence-corrected chi connectivity index (χ3v) is 3.17. The second-order valence-corrected chi connectivity index (χ2v) is 5.12. The van der Waals surface area contributed by atoms with Crippen LogP contribution in [0.15, 0.2) is 0 Å². The summed E-state index contributed by atoms with van der Waals surface area (Å²) in [6, 6.07) is 0.599. The number of rotatable bonds is 9. The molecule has 1 N–H and O–H groups in total. The summed E-state index contributed by atoms with van der Waals surface area (Å²) in [7, 11) is 1.70. The van der Waals surface area contributed by atoms with E-state index in [1.54, 1.807) is 7.11 Å². The molecule has 102 valence electrons. The van der Waals surface area contributed by atoms with Crippen molar-refractivity contribution in [2.75, 3.05) is 53.1 Å². The third kappa shape index (κ3) is 6.99. The summed E-state index contributed by atoms with van der Waals surface area (Å²) in [4.78, 5) is 2.50. The largest absolute Gasteiger partial charge is 0.382 e. The molecule has 1 aliphatic rings. The molecule has 4 nitrogen and oxygen atoms in total. The Morgan fingerprint density at radius 3 is 2.82 bits per heavy atom. The predicted octanol–water partition coefficient (Wildman–Crippen LogP) is 0.969. The molecule has 0 radical (unpaired) electrons. The van der Waals surface area contributed by atoms with Crippen LogP contribution >= 0.6 is 0 Å². The molecule has 4 heteroatoms. The Balaban J connectivity index is 1.97. The van der Waals surface area contributed by atoms with E-state index in [9.17, 15) is 0 Å². The van der Waals surface area contributed by atoms with E-state index in [0.717, 1.165) is 25.6 Å². The fourth-order valence-electron chi connectivity index (χ4n) is 2.12. The van der Waals surface area contributed by atoms with Crippen LogP contribution in [0.25, 0.3) is 0 Å². The van der Waals surface area contributed by atoms with Gasteiger partial charge in [0, 0.05) is 26.2 Å². The quantitative estimate of drug-likeness (QED) is 0.613. The first-order chi connectivity index (χ1) is 8.22. The number of ether oxygens (including phenoxy) is 2. The summed E-state index contributed by atoms with van der Waals surface area (Å²) in [6.07, 6.45) is 1.32. The highest BCUT2D eigenvalue weighted by molar-refractivity contribution is 4.77. The van der Waals surface area contributed by atoms with E-state index in [1.807, 2.05) is 0 Å². The maximum Gasteiger partial charge on any atom is 0.0700 e. The van der Waals surface area contributed by atoms with Crippen molar-refractivity contribution in [3.8, 4) is 0 Å². The maximum atomic E-state index is 5.49. The normalized spacial score (nSPS) is 21.5. The molecule has 0 saturated carbocycles. The van der Waals surface area contributed by atoms with E-state index in [0.29, 0.717) is 19.3 Å². The topological polar surface area (TPSA) is 33.7 Å². The first kappa shape index (κ1) is 14.9. The molecule has 1 saturated heterocycles. The Morgan fingerprint density at radius 1 is 1.29 bits per heavy atom. The lowest BCUT2D eigenvalue weighted by molar-refractivity contribution is 0.0599. The molecule has 0 aromatic rings. The van der Waals surface area contributed by atoms with Crippen molar-refractivity contribution < 1.29 is 9.47 Å². The van der Waals surface area contributed by atoms with Crippen LogP contribution in [0.1, 0.15) is 20.3 Å². The van der Waals surface area contributed by atoms with E-state index in [2.05, 4.69) is 24.1 Å². The summed E-state index contributed by atoms with van der Waals surface area (Å²) in [5, 5.41) is 3.52. The Labute approximate surface area is 106 Å². The Morgan fingerprint density at radius 2 is 2.12 bits per heavy atom. The first-order valence-corrected chi connectivity index (χ1v) is 6.74. The zero-order valence-electron chi connectivity index (χ0n) is 11.6. The van der Waals surface area contributed by atoms with Gasteiger partial charge in [0.05, 0.1) is 19.8 Å². The highest BCUT2D eigenvalue weighted by Crippen LogP contribution is 2.14. The zero-order valence-corrected chi connectivity index (χ0v) is 11.6. The van der Waals surface area contributed by atoms with Crippen LogP contribution in [0.4, 0.5) is 0 Å². The molecular weight excluding hydrogens is 216 g/mol. The van der Waals surface area contributed by atoms with Crippen molar-refractivity contribution in [3.05, 3.63) is 0 Å². The lowest BCUT2D eigenvalue weighted by Gasteiger charge is -2.17. The van der Waals surface area contributed by atoms with Gasteiger partial charge in [-0.1, -0.05) is 13.8 Å². The smallest absolute Gasteiger partial charge is 0.0700 e. The van der Waals surface area contributed by atoms with Crippen LogP contribution in [0.3, 0.4) is 0 Å². The van der Waals surface area contributed by atoms with Crippen molar-refractivity contribution in [1.29, 1.82) is 0 Å². The van der Waals surface area contributed by atoms with Crippen LogP contribution in [0, 0.1) is 5.92 Å². The van der Waals surface area contributed by atoms with E-state index in [1.165, 1.54) is 19.5 Å². The van der Waals surface area contributed by atoms with Gasteiger partial charge in [0.1, 0.15) is 0 Å². The maximum absolute atomic E-state index is 5.49. The van der Waals surface area contributed by atoms with E-state index >= 15 is 0 Å². The SMILES string of the molecule is COCCOCCN1CCC(CNC(C)C)C1. The van der Waals surface area contributed by atoms with Gasteiger partial charge in [-0.2, -0.15) is 0 Å². The first-order valence-electron chi connectivity index (χ1n) is 6.74. The molecule has 1 fully saturated rings. The van der Waals surface area contributed by atoms with Crippen LogP contribution in [0.5, 0.6) is 0 Å². The van der Waals surface area contributed by atoms with Crippen molar-refractivity contribution in [3.63, 3.8) is 0 Å². The van der Waals surface area contributed by atoms with E-state index in [-0.39, 0.29) is 0 Å². The molecule has 1 atom stereocenters. The Hall–Kier alpha value is -0.160. The van der Waals surface area contributed by atoms with Gasteiger partial charge >= 0.3 is 0 Å². The minimum Gasteiger partial charge on any atom is -0.382 e. The molecule has 1 rings (SSSR count). The number of nitrogens with zero attached hydrogens (tertiary/aromatic N) is 1. The lowest BCUT2D eigenvalue weighted by Crippen LogP contribution is -2.31. The van der Waals surface area contributed by atoms with Gasteiger partial charge in [-0.3, -0.25) is 0 Å². The summed E-state index contributed by atoms with van der Waals surface area (Å²) >= 11 is 0. The second-order valence-electron chi connectivity index (χ2n) is 5.12. The molecule has 0 spiro atoms. The van der Waals surface area contributed by atoms with E-state index in [4.69, 9.17) is 9.47 Å². The van der Waals surface area contributed by atoms with Gasteiger partial charge in [-0.05, 0) is 25.4 Å². The van der Waals surface area contributed by atoms with Gasteiger partial charge in [0.25, 0.3) is 0 Å². The molecular formula is C13H28N2O2. The number of methoxy groups -OCH3 is 1. The number of likely N-dealkylation sites (tertiary alicyclic amines) is 1. The fourth-order valence-corrected chi connectivity index (χ4v) is 2.12. The van der Waals surface area contributed by atoms with Gasteiger partial charge in [-0.15, -0.1) is 0 Å². The van der Waals surface area contributed by atoms with E-state index < -0.39 is 0 Å². The Bertz CT molecular complexity index is 188. The summed E-state index contributed by atoms with van der Waals surface area (Å²) in [5.74, 6) is 0.816. The third-order valence-electron chi connectivity index (χ3n) is 3.17. The molecule has 1 unspecified atom stereocenters. The molecule has 17 heavy (non-hydrogen) atoms. The van der Waals surface area contributed by atoms with Crippen molar-refractivity contribution in [2.24, 2.45) is 5.92 Å². The summed E-state index contributed by atoms with van der Waals surface area (Å²) in [6.45, 7) is 11.3.